The Morgan fingerprint density at radius 1 is 1.42 bits per heavy atom. The summed E-state index contributed by atoms with van der Waals surface area (Å²) in [5, 5.41) is 11.9. The fraction of sp³-hybridized carbons (Fsp3) is 0.500. The number of amides is 1. The second-order valence-corrected chi connectivity index (χ2v) is 6.13. The van der Waals surface area contributed by atoms with Gasteiger partial charge in [0.25, 0.3) is 0 Å². The fourth-order valence-corrected chi connectivity index (χ4v) is 3.05. The van der Waals surface area contributed by atoms with E-state index >= 15 is 0 Å². The molecule has 0 atom stereocenters. The zero-order chi connectivity index (χ0) is 14.4. The first-order valence-corrected chi connectivity index (χ1v) is 7.65. The predicted molar refractivity (Wildman–Crippen MR) is 78.2 cm³/mol. The number of aliphatic hydroxyl groups is 1. The molecule has 2 N–H and O–H groups in total. The number of carbonyl (C=O) groups excluding carboxylic acids is 2. The molecule has 1 aromatic heterocycles. The number of hydrogen-bond acceptors (Lipinski definition) is 6. The van der Waals surface area contributed by atoms with Gasteiger partial charge in [-0.3, -0.25) is 4.79 Å². The van der Waals surface area contributed by atoms with E-state index in [1.54, 1.807) is 0 Å². The second kappa shape index (κ2) is 7.52. The highest BCUT2D eigenvalue weighted by molar-refractivity contribution is 7.99. The van der Waals surface area contributed by atoms with Crippen molar-refractivity contribution in [3.8, 4) is 0 Å². The van der Waals surface area contributed by atoms with Crippen molar-refractivity contribution < 1.29 is 19.4 Å². The van der Waals surface area contributed by atoms with Crippen LogP contribution in [0.15, 0.2) is 0 Å². The van der Waals surface area contributed by atoms with Gasteiger partial charge in [0, 0.05) is 10.6 Å². The molecule has 0 fully saturated rings. The molecule has 0 aliphatic rings. The van der Waals surface area contributed by atoms with Crippen LogP contribution in [0.2, 0.25) is 0 Å². The van der Waals surface area contributed by atoms with Crippen LogP contribution in [0, 0.1) is 13.8 Å². The number of methoxy groups -OCH3 is 1. The summed E-state index contributed by atoms with van der Waals surface area (Å²) in [6.45, 7) is 3.76. The molecule has 0 spiro atoms. The summed E-state index contributed by atoms with van der Waals surface area (Å²) in [6.07, 6.45) is 0. The first kappa shape index (κ1) is 16.0. The van der Waals surface area contributed by atoms with Crippen LogP contribution in [-0.2, 0) is 9.53 Å². The Bertz CT molecular complexity index is 471. The van der Waals surface area contributed by atoms with Gasteiger partial charge in [0.15, 0.2) is 0 Å². The molecule has 1 amide bonds. The van der Waals surface area contributed by atoms with Crippen molar-refractivity contribution in [2.75, 3.05) is 30.5 Å². The van der Waals surface area contributed by atoms with Crippen LogP contribution in [0.1, 0.15) is 20.8 Å². The number of rotatable bonds is 6. The van der Waals surface area contributed by atoms with Gasteiger partial charge in [-0.2, -0.15) is 0 Å². The highest BCUT2D eigenvalue weighted by Gasteiger charge is 2.21. The SMILES string of the molecule is COC(=O)c1c(NC(=O)CSCCO)sc(C)c1C. The van der Waals surface area contributed by atoms with E-state index in [9.17, 15) is 9.59 Å². The molecule has 0 aliphatic carbocycles. The molecule has 0 aliphatic heterocycles. The van der Waals surface area contributed by atoms with Crippen molar-refractivity contribution in [2.24, 2.45) is 0 Å². The largest absolute Gasteiger partial charge is 0.465 e. The standard InChI is InChI=1S/C12H17NO4S2/c1-7-8(2)19-11(10(7)12(16)17-3)13-9(15)6-18-5-4-14/h14H,4-6H2,1-3H3,(H,13,15). The molecule has 19 heavy (non-hydrogen) atoms. The van der Waals surface area contributed by atoms with Crippen LogP contribution in [0.4, 0.5) is 5.00 Å². The van der Waals surface area contributed by atoms with Gasteiger partial charge >= 0.3 is 5.97 Å². The van der Waals surface area contributed by atoms with Gasteiger partial charge < -0.3 is 15.2 Å². The third kappa shape index (κ3) is 4.22. The van der Waals surface area contributed by atoms with Crippen molar-refractivity contribution >= 4 is 40.0 Å². The molecule has 1 aromatic rings. The average Bonchev–Trinajstić information content (AvgIpc) is 2.64. The Hall–Kier alpha value is -1.05. The molecule has 1 rings (SSSR count). The lowest BCUT2D eigenvalue weighted by Crippen LogP contribution is -2.16. The quantitative estimate of drug-likeness (QED) is 0.619. The summed E-state index contributed by atoms with van der Waals surface area (Å²) in [5.41, 5.74) is 1.25. The molecule has 7 heteroatoms. The normalized spacial score (nSPS) is 10.3. The van der Waals surface area contributed by atoms with E-state index in [-0.39, 0.29) is 18.3 Å². The number of nitrogens with one attached hydrogen (secondary N) is 1. The second-order valence-electron chi connectivity index (χ2n) is 3.80. The number of carbonyl (C=O) groups is 2. The summed E-state index contributed by atoms with van der Waals surface area (Å²) in [4.78, 5) is 24.4. The molecular formula is C12H17NO4S2. The third-order valence-corrected chi connectivity index (χ3v) is 4.56. The van der Waals surface area contributed by atoms with Gasteiger partial charge in [0.1, 0.15) is 5.00 Å². The maximum atomic E-state index is 11.7. The summed E-state index contributed by atoms with van der Waals surface area (Å²) >= 11 is 2.70. The van der Waals surface area contributed by atoms with Gasteiger partial charge in [-0.05, 0) is 19.4 Å². The van der Waals surface area contributed by atoms with E-state index in [0.29, 0.717) is 16.3 Å². The van der Waals surface area contributed by atoms with Crippen LogP contribution in [0.3, 0.4) is 0 Å². The minimum Gasteiger partial charge on any atom is -0.465 e. The molecule has 0 saturated carbocycles. The Morgan fingerprint density at radius 2 is 2.11 bits per heavy atom. The minimum atomic E-state index is -0.444. The zero-order valence-electron chi connectivity index (χ0n) is 11.1. The smallest absolute Gasteiger partial charge is 0.341 e. The van der Waals surface area contributed by atoms with Crippen molar-refractivity contribution in [3.63, 3.8) is 0 Å². The summed E-state index contributed by atoms with van der Waals surface area (Å²) in [7, 11) is 1.32. The van der Waals surface area contributed by atoms with E-state index in [4.69, 9.17) is 9.84 Å². The first-order chi connectivity index (χ1) is 9.01. The maximum Gasteiger partial charge on any atom is 0.341 e. The van der Waals surface area contributed by atoms with Gasteiger partial charge in [0.05, 0.1) is 25.0 Å². The van der Waals surface area contributed by atoms with Crippen molar-refractivity contribution in [3.05, 3.63) is 16.0 Å². The lowest BCUT2D eigenvalue weighted by Gasteiger charge is -2.05. The number of aliphatic hydroxyl groups excluding tert-OH is 1. The van der Waals surface area contributed by atoms with Crippen molar-refractivity contribution in [2.45, 2.75) is 13.8 Å². The van der Waals surface area contributed by atoms with E-state index in [1.165, 1.54) is 30.2 Å². The number of aryl methyl sites for hydroxylation is 1. The van der Waals surface area contributed by atoms with Gasteiger partial charge in [0.2, 0.25) is 5.91 Å². The highest BCUT2D eigenvalue weighted by Crippen LogP contribution is 2.32. The summed E-state index contributed by atoms with van der Waals surface area (Å²) < 4.78 is 4.73. The average molecular weight is 303 g/mol. The maximum absolute atomic E-state index is 11.7. The number of hydrogen-bond donors (Lipinski definition) is 2. The number of anilines is 1. The van der Waals surface area contributed by atoms with Crippen LogP contribution in [0.25, 0.3) is 0 Å². The molecule has 0 bridgehead atoms. The Labute approximate surface area is 120 Å². The third-order valence-electron chi connectivity index (χ3n) is 2.50. The number of ether oxygens (including phenoxy) is 1. The molecular weight excluding hydrogens is 286 g/mol. The van der Waals surface area contributed by atoms with Crippen LogP contribution < -0.4 is 5.32 Å². The van der Waals surface area contributed by atoms with Crippen LogP contribution in [-0.4, -0.2) is 42.2 Å². The van der Waals surface area contributed by atoms with E-state index in [1.807, 2.05) is 13.8 Å². The Morgan fingerprint density at radius 3 is 2.68 bits per heavy atom. The van der Waals surface area contributed by atoms with Gasteiger partial charge in [-0.15, -0.1) is 23.1 Å². The van der Waals surface area contributed by atoms with E-state index in [0.717, 1.165) is 10.4 Å². The fourth-order valence-electron chi connectivity index (χ4n) is 1.45. The van der Waals surface area contributed by atoms with Crippen LogP contribution >= 0.6 is 23.1 Å². The van der Waals surface area contributed by atoms with Crippen molar-refractivity contribution in [1.29, 1.82) is 0 Å². The number of thiophene rings is 1. The monoisotopic (exact) mass is 303 g/mol. The topological polar surface area (TPSA) is 75.6 Å². The van der Waals surface area contributed by atoms with Gasteiger partial charge in [-0.1, -0.05) is 0 Å². The number of esters is 1. The predicted octanol–water partition coefficient (Wildman–Crippen LogP) is 1.82. The van der Waals surface area contributed by atoms with E-state index in [2.05, 4.69) is 5.32 Å². The molecule has 0 saturated heterocycles. The number of thioether (sulfide) groups is 1. The summed E-state index contributed by atoms with van der Waals surface area (Å²) in [5.74, 6) is 0.127. The van der Waals surface area contributed by atoms with Crippen LogP contribution in [0.5, 0.6) is 0 Å². The molecule has 0 radical (unpaired) electrons. The minimum absolute atomic E-state index is 0.0442. The molecule has 0 aromatic carbocycles. The molecule has 0 unspecified atom stereocenters. The molecule has 5 nitrogen and oxygen atoms in total. The van der Waals surface area contributed by atoms with Crippen molar-refractivity contribution in [1.82, 2.24) is 0 Å². The lowest BCUT2D eigenvalue weighted by molar-refractivity contribution is -0.113. The Kier molecular flexibility index (Phi) is 6.33. The molecule has 106 valence electrons. The lowest BCUT2D eigenvalue weighted by atomic mass is 10.1. The summed E-state index contributed by atoms with van der Waals surface area (Å²) in [6, 6.07) is 0. The first-order valence-electron chi connectivity index (χ1n) is 5.68. The van der Waals surface area contributed by atoms with E-state index < -0.39 is 5.97 Å². The zero-order valence-corrected chi connectivity index (χ0v) is 12.7. The van der Waals surface area contributed by atoms with Gasteiger partial charge in [-0.25, -0.2) is 4.79 Å². The molecule has 1 heterocycles. The highest BCUT2D eigenvalue weighted by atomic mass is 32.2. The Balaban J connectivity index is 2.80.